The molecular formula is C39H33Cl2F6N7O4. The Kier molecular flexibility index (Phi) is 11.8. The van der Waals surface area contributed by atoms with Gasteiger partial charge in [0.2, 0.25) is 11.8 Å². The van der Waals surface area contributed by atoms with E-state index in [-0.39, 0.29) is 41.3 Å². The number of aliphatic hydroxyl groups is 1. The summed E-state index contributed by atoms with van der Waals surface area (Å²) in [6, 6.07) is 17.9. The summed E-state index contributed by atoms with van der Waals surface area (Å²) in [5.41, 5.74) is -4.88. The van der Waals surface area contributed by atoms with Crippen molar-refractivity contribution in [2.45, 2.75) is 55.8 Å². The van der Waals surface area contributed by atoms with Crippen molar-refractivity contribution in [3.63, 3.8) is 0 Å². The number of pyridine rings is 2. The summed E-state index contributed by atoms with van der Waals surface area (Å²) in [4.78, 5) is 18.6. The number of halogens is 8. The van der Waals surface area contributed by atoms with Gasteiger partial charge in [-0.25, -0.2) is 24.6 Å². The molecule has 2 aliphatic heterocycles. The van der Waals surface area contributed by atoms with Crippen molar-refractivity contribution in [2.75, 3.05) is 13.2 Å². The first-order valence-corrected chi connectivity index (χ1v) is 18.6. The number of benzene rings is 2. The molecule has 0 spiro atoms. The lowest BCUT2D eigenvalue weighted by Crippen LogP contribution is -2.36. The molecule has 2 saturated carbocycles. The van der Waals surface area contributed by atoms with Crippen LogP contribution in [0.4, 0.5) is 26.3 Å². The number of epoxide rings is 1. The van der Waals surface area contributed by atoms with Crippen LogP contribution in [-0.4, -0.2) is 55.5 Å². The minimum atomic E-state index is -4.78. The molecule has 19 heteroatoms. The maximum atomic E-state index is 13.8. The van der Waals surface area contributed by atoms with E-state index in [4.69, 9.17) is 37.4 Å². The van der Waals surface area contributed by atoms with E-state index in [1.165, 1.54) is 53.7 Å². The van der Waals surface area contributed by atoms with Gasteiger partial charge in [0.1, 0.15) is 41.7 Å². The molecular weight excluding hydrogens is 815 g/mol. The summed E-state index contributed by atoms with van der Waals surface area (Å²) in [7, 11) is 0. The largest absolute Gasteiger partial charge is 0.439 e. The number of rotatable bonds is 10. The van der Waals surface area contributed by atoms with Crippen LogP contribution in [0.5, 0.6) is 23.3 Å². The van der Waals surface area contributed by atoms with E-state index in [1.807, 2.05) is 0 Å². The van der Waals surface area contributed by atoms with Crippen molar-refractivity contribution in [2.24, 2.45) is 21.8 Å². The highest BCUT2D eigenvalue weighted by molar-refractivity contribution is 6.30. The predicted molar refractivity (Wildman–Crippen MR) is 200 cm³/mol. The Bertz CT molecular complexity index is 2240. The maximum absolute atomic E-state index is 13.8. The molecule has 1 saturated heterocycles. The average Bonchev–Trinajstić information content (AvgIpc) is 4.15. The van der Waals surface area contributed by atoms with Crippen LogP contribution < -0.4 is 9.47 Å². The van der Waals surface area contributed by atoms with Crippen LogP contribution >= 0.6 is 23.2 Å². The molecule has 3 aromatic heterocycles. The van der Waals surface area contributed by atoms with Gasteiger partial charge in [-0.1, -0.05) is 23.2 Å². The van der Waals surface area contributed by atoms with Gasteiger partial charge in [-0.05, 0) is 98.2 Å². The maximum Gasteiger partial charge on any atom is 0.433 e. The van der Waals surface area contributed by atoms with Gasteiger partial charge < -0.3 is 19.3 Å². The first-order valence-electron chi connectivity index (χ1n) is 17.9. The Morgan fingerprint density at radius 3 is 1.78 bits per heavy atom. The molecule has 4 aliphatic rings. The fourth-order valence-corrected chi connectivity index (χ4v) is 6.65. The number of hydrogen-bond acceptors (Lipinski definition) is 10. The summed E-state index contributed by atoms with van der Waals surface area (Å²) in [6.45, 7) is 0.944. The minimum absolute atomic E-state index is 0.111. The number of alkyl halides is 6. The third-order valence-corrected chi connectivity index (χ3v) is 10.0. The van der Waals surface area contributed by atoms with Gasteiger partial charge in [-0.2, -0.15) is 31.4 Å². The Morgan fingerprint density at radius 1 is 0.776 bits per heavy atom. The van der Waals surface area contributed by atoms with E-state index in [2.05, 4.69) is 30.0 Å². The average molecular weight is 849 g/mol. The van der Waals surface area contributed by atoms with Gasteiger partial charge in [-0.3, -0.25) is 4.99 Å². The fraction of sp³-hybridized carbons (Fsp3) is 0.333. The zero-order valence-corrected chi connectivity index (χ0v) is 31.7. The van der Waals surface area contributed by atoms with Crippen LogP contribution in [-0.2, 0) is 34.8 Å². The van der Waals surface area contributed by atoms with E-state index >= 15 is 0 Å². The van der Waals surface area contributed by atoms with Gasteiger partial charge >= 0.3 is 12.4 Å². The molecule has 11 nitrogen and oxygen atoms in total. The Labute approximate surface area is 337 Å². The van der Waals surface area contributed by atoms with Crippen LogP contribution in [0.2, 0.25) is 10.0 Å². The molecule has 1 N–H and O–H groups in total. The summed E-state index contributed by atoms with van der Waals surface area (Å²) >= 11 is 11.6. The van der Waals surface area contributed by atoms with Crippen molar-refractivity contribution in [1.82, 2.24) is 24.7 Å². The van der Waals surface area contributed by atoms with Crippen LogP contribution in [0.1, 0.15) is 48.2 Å². The highest BCUT2D eigenvalue weighted by atomic mass is 35.5. The molecule has 0 bridgehead atoms. The van der Waals surface area contributed by atoms with Gasteiger partial charge in [0.05, 0.1) is 19.7 Å². The third kappa shape index (κ3) is 9.94. The monoisotopic (exact) mass is 847 g/mol. The van der Waals surface area contributed by atoms with Crippen LogP contribution in [0, 0.1) is 11.8 Å². The summed E-state index contributed by atoms with van der Waals surface area (Å²) < 4.78 is 99.5. The van der Waals surface area contributed by atoms with Gasteiger partial charge in [0, 0.05) is 39.5 Å². The van der Waals surface area contributed by atoms with Crippen molar-refractivity contribution in [1.29, 1.82) is 0 Å². The normalized spacial score (nSPS) is 19.3. The molecule has 5 aromatic rings. The summed E-state index contributed by atoms with van der Waals surface area (Å²) in [5.74, 6) is 0.151. The Morgan fingerprint density at radius 2 is 1.34 bits per heavy atom. The molecule has 304 valence electrons. The zero-order chi connectivity index (χ0) is 41.1. The Hall–Kier alpha value is -5.10. The topological polar surface area (TPSA) is 132 Å². The lowest BCUT2D eigenvalue weighted by atomic mass is 9.87. The molecule has 2 aromatic carbocycles. The van der Waals surface area contributed by atoms with E-state index in [9.17, 15) is 31.4 Å². The second-order valence-corrected chi connectivity index (χ2v) is 14.6. The van der Waals surface area contributed by atoms with Crippen molar-refractivity contribution >= 4 is 35.8 Å². The van der Waals surface area contributed by atoms with E-state index in [0.717, 1.165) is 19.4 Å². The third-order valence-electron chi connectivity index (χ3n) is 9.53. The van der Waals surface area contributed by atoms with Crippen LogP contribution in [0.25, 0.3) is 0 Å². The van der Waals surface area contributed by atoms with Gasteiger partial charge in [0.15, 0.2) is 11.4 Å². The minimum Gasteiger partial charge on any atom is -0.439 e. The molecule has 0 amide bonds. The number of ether oxygens (including phenoxy) is 3. The number of nitrogens with zero attached hydrogens (tertiary/aromatic N) is 7. The highest BCUT2D eigenvalue weighted by Gasteiger charge is 2.60. The quantitative estimate of drug-likeness (QED) is 0.109. The molecule has 58 heavy (non-hydrogen) atoms. The van der Waals surface area contributed by atoms with Crippen LogP contribution in [0.3, 0.4) is 0 Å². The van der Waals surface area contributed by atoms with E-state index < -0.39 is 34.9 Å². The number of aliphatic imine (C=N–C) groups is 2. The summed E-state index contributed by atoms with van der Waals surface area (Å²) in [5, 5.41) is 16.2. The molecule has 2 aliphatic carbocycles. The van der Waals surface area contributed by atoms with Gasteiger partial charge in [0.25, 0.3) is 0 Å². The first-order chi connectivity index (χ1) is 27.6. The molecule has 2 unspecified atom stereocenters. The van der Waals surface area contributed by atoms with Gasteiger partial charge in [-0.15, -0.1) is 0 Å². The molecule has 0 radical (unpaired) electrons. The Balaban J connectivity index is 0.000000159. The fourth-order valence-electron chi connectivity index (χ4n) is 6.40. The number of aromatic nitrogens is 5. The lowest BCUT2D eigenvalue weighted by Gasteiger charge is -2.30. The zero-order valence-electron chi connectivity index (χ0n) is 30.2. The van der Waals surface area contributed by atoms with E-state index in [1.54, 1.807) is 49.0 Å². The molecule has 3 fully saturated rings. The lowest BCUT2D eigenvalue weighted by molar-refractivity contribution is -0.145. The molecule has 9 rings (SSSR count). The predicted octanol–water partition coefficient (Wildman–Crippen LogP) is 9.72. The molecule has 2 atom stereocenters. The van der Waals surface area contributed by atoms with E-state index in [0.29, 0.717) is 41.0 Å². The van der Waals surface area contributed by atoms with Crippen molar-refractivity contribution in [3.05, 3.63) is 118 Å². The highest BCUT2D eigenvalue weighted by Crippen LogP contribution is 2.58. The van der Waals surface area contributed by atoms with Crippen molar-refractivity contribution in [3.8, 4) is 23.3 Å². The van der Waals surface area contributed by atoms with Crippen molar-refractivity contribution < 1.29 is 45.7 Å². The number of hydrogen-bond donors (Lipinski definition) is 1. The van der Waals surface area contributed by atoms with Crippen LogP contribution in [0.15, 0.2) is 95.4 Å². The second-order valence-electron chi connectivity index (χ2n) is 13.8. The summed E-state index contributed by atoms with van der Waals surface area (Å²) in [6.07, 6.45) is -0.397. The second kappa shape index (κ2) is 16.6. The first kappa shape index (κ1) is 41.1. The SMILES string of the molecule is C1=NC=NC1.FC(F)(F)c1nc(Oc2ccc(Cl)cc2)ccc1C1(C2CC2)CO1.OC(Cn1cncn1)(c1ccc(Oc2ccc(Cl)cc2)nc1C(F)(F)F)C1CC1. The smallest absolute Gasteiger partial charge is 0.433 e. The standard InChI is InChI=1S/C19H16ClF3N4O2.C17H13ClF3NO2.C3H4N2/c20-13-3-5-14(6-4-13)29-16-8-7-15(17(26-16)19(21,22)23)18(28,12-1-2-12)9-27-11-24-10-25-27;18-11-3-5-12(6-4-11)24-14-8-7-13(15(22-14)17(19,20)21)16(9-23-16)10-1-2-10;1-2-5-3-4-1/h3-8,10-12,28H,1-2,9H2;3-8,10H,1-2,9H2;1,3H,2H2. The molecule has 5 heterocycles.